The number of anilines is 2. The van der Waals surface area contributed by atoms with Crippen LogP contribution in [0.4, 0.5) is 24.7 Å². The van der Waals surface area contributed by atoms with Crippen LogP contribution in [0.25, 0.3) is 6.08 Å². The number of nitrogens with two attached hydrogens (primary N) is 1. The van der Waals surface area contributed by atoms with E-state index in [4.69, 9.17) is 5.73 Å². The van der Waals surface area contributed by atoms with Crippen LogP contribution in [0, 0.1) is 0 Å². The molecule has 0 saturated carbocycles. The van der Waals surface area contributed by atoms with Crippen LogP contribution in [0.15, 0.2) is 70.3 Å². The van der Waals surface area contributed by atoms with E-state index < -0.39 is 28.9 Å². The van der Waals surface area contributed by atoms with Gasteiger partial charge in [-0.2, -0.15) is 13.2 Å². The molecule has 0 bridgehead atoms. The lowest BCUT2D eigenvalue weighted by Gasteiger charge is -2.19. The standard InChI is InChI=1S/C22H19F3N4O3/c1-28(17(30)11-10-14-8-5-9-16(12-14)22(23,24)25)18-19(26)29(21(32)27-20(18)31)13-15-6-3-2-4-7-15/h2-12H,13,26H2,1H3,(H,27,31,32). The molecule has 166 valence electrons. The molecule has 1 amide bonds. The highest BCUT2D eigenvalue weighted by Gasteiger charge is 2.30. The van der Waals surface area contributed by atoms with Crippen LogP contribution in [-0.4, -0.2) is 22.5 Å². The van der Waals surface area contributed by atoms with Gasteiger partial charge in [-0.25, -0.2) is 4.79 Å². The minimum atomic E-state index is -4.52. The summed E-state index contributed by atoms with van der Waals surface area (Å²) < 4.78 is 39.7. The maximum atomic E-state index is 12.9. The van der Waals surface area contributed by atoms with Gasteiger partial charge >= 0.3 is 11.9 Å². The maximum Gasteiger partial charge on any atom is 0.416 e. The van der Waals surface area contributed by atoms with Crippen molar-refractivity contribution in [1.82, 2.24) is 9.55 Å². The highest BCUT2D eigenvalue weighted by Crippen LogP contribution is 2.29. The minimum absolute atomic E-state index is 0.0669. The van der Waals surface area contributed by atoms with E-state index in [0.717, 1.165) is 33.2 Å². The Bertz CT molecular complexity index is 1280. The van der Waals surface area contributed by atoms with E-state index in [1.165, 1.54) is 25.3 Å². The fourth-order valence-corrected chi connectivity index (χ4v) is 3.03. The number of nitrogens with zero attached hydrogens (tertiary/aromatic N) is 2. The molecule has 32 heavy (non-hydrogen) atoms. The number of H-pyrrole nitrogens is 1. The predicted octanol–water partition coefficient (Wildman–Crippen LogP) is 2.86. The fourth-order valence-electron chi connectivity index (χ4n) is 3.03. The number of aromatic nitrogens is 2. The van der Waals surface area contributed by atoms with Crippen LogP contribution in [0.3, 0.4) is 0 Å². The van der Waals surface area contributed by atoms with E-state index in [1.807, 2.05) is 0 Å². The average molecular weight is 444 g/mol. The first kappa shape index (κ1) is 22.6. The van der Waals surface area contributed by atoms with Gasteiger partial charge in [0.2, 0.25) is 0 Å². The van der Waals surface area contributed by atoms with Crippen LogP contribution in [0.1, 0.15) is 16.7 Å². The molecule has 0 saturated heterocycles. The third-order valence-corrected chi connectivity index (χ3v) is 4.70. The summed E-state index contributed by atoms with van der Waals surface area (Å²) in [6.45, 7) is 0.0669. The number of alkyl halides is 3. The quantitative estimate of drug-likeness (QED) is 0.591. The van der Waals surface area contributed by atoms with Crippen LogP contribution < -0.4 is 21.9 Å². The third-order valence-electron chi connectivity index (χ3n) is 4.70. The molecule has 7 nitrogen and oxygen atoms in total. The second kappa shape index (κ2) is 8.96. The van der Waals surface area contributed by atoms with Crippen molar-refractivity contribution < 1.29 is 18.0 Å². The Balaban J connectivity index is 1.90. The maximum absolute atomic E-state index is 12.9. The lowest BCUT2D eigenvalue weighted by molar-refractivity contribution is -0.137. The summed E-state index contributed by atoms with van der Waals surface area (Å²) in [6, 6.07) is 13.3. The highest BCUT2D eigenvalue weighted by molar-refractivity contribution is 6.04. The fraction of sp³-hybridized carbons (Fsp3) is 0.136. The summed E-state index contributed by atoms with van der Waals surface area (Å²) in [6.07, 6.45) is -2.31. The first-order valence-corrected chi connectivity index (χ1v) is 9.37. The Morgan fingerprint density at radius 3 is 2.47 bits per heavy atom. The van der Waals surface area contributed by atoms with E-state index in [2.05, 4.69) is 4.98 Å². The molecule has 1 heterocycles. The Morgan fingerprint density at radius 1 is 1.12 bits per heavy atom. The van der Waals surface area contributed by atoms with Gasteiger partial charge in [-0.15, -0.1) is 0 Å². The van der Waals surface area contributed by atoms with Crippen LogP contribution in [0.2, 0.25) is 0 Å². The molecule has 3 aromatic rings. The third kappa shape index (κ3) is 4.97. The first-order chi connectivity index (χ1) is 15.1. The predicted molar refractivity (Wildman–Crippen MR) is 115 cm³/mol. The Morgan fingerprint density at radius 2 is 1.81 bits per heavy atom. The molecule has 0 atom stereocenters. The second-order valence-electron chi connectivity index (χ2n) is 6.92. The zero-order chi connectivity index (χ0) is 23.5. The minimum Gasteiger partial charge on any atom is -0.383 e. The van der Waals surface area contributed by atoms with Gasteiger partial charge in [0.25, 0.3) is 11.5 Å². The van der Waals surface area contributed by atoms with E-state index in [-0.39, 0.29) is 23.6 Å². The van der Waals surface area contributed by atoms with Crippen molar-refractivity contribution in [2.45, 2.75) is 12.7 Å². The number of carbonyl (C=O) groups is 1. The molecule has 0 fully saturated rings. The zero-order valence-electron chi connectivity index (χ0n) is 16.9. The number of nitrogen functional groups attached to an aromatic ring is 1. The highest BCUT2D eigenvalue weighted by atomic mass is 19.4. The van der Waals surface area contributed by atoms with Crippen LogP contribution >= 0.6 is 0 Å². The van der Waals surface area contributed by atoms with Crippen LogP contribution in [-0.2, 0) is 17.5 Å². The van der Waals surface area contributed by atoms with Gasteiger partial charge < -0.3 is 10.6 Å². The Hall–Kier alpha value is -4.08. The van der Waals surface area contributed by atoms with Crippen molar-refractivity contribution in [2.24, 2.45) is 0 Å². The van der Waals surface area contributed by atoms with Crippen LogP contribution in [0.5, 0.6) is 0 Å². The Labute approximate surface area is 180 Å². The van der Waals surface area contributed by atoms with Crippen molar-refractivity contribution in [2.75, 3.05) is 17.7 Å². The molecular weight excluding hydrogens is 425 g/mol. The summed E-state index contributed by atoms with van der Waals surface area (Å²) >= 11 is 0. The van der Waals surface area contributed by atoms with Gasteiger partial charge in [0.1, 0.15) is 5.82 Å². The average Bonchev–Trinajstić information content (AvgIpc) is 2.75. The lowest BCUT2D eigenvalue weighted by Crippen LogP contribution is -2.39. The zero-order valence-corrected chi connectivity index (χ0v) is 16.9. The van der Waals surface area contributed by atoms with E-state index in [9.17, 15) is 27.6 Å². The molecule has 0 aliphatic heterocycles. The number of likely N-dealkylation sites (N-methyl/N-ethyl adjacent to an activating group) is 1. The van der Waals surface area contributed by atoms with Crippen molar-refractivity contribution in [1.29, 1.82) is 0 Å². The van der Waals surface area contributed by atoms with E-state index in [0.29, 0.717) is 0 Å². The first-order valence-electron chi connectivity index (χ1n) is 9.37. The van der Waals surface area contributed by atoms with Gasteiger partial charge in [-0.3, -0.25) is 19.1 Å². The summed E-state index contributed by atoms with van der Waals surface area (Å²) in [7, 11) is 1.27. The summed E-state index contributed by atoms with van der Waals surface area (Å²) in [4.78, 5) is 40.2. The molecule has 0 aliphatic rings. The summed E-state index contributed by atoms with van der Waals surface area (Å²) in [5, 5.41) is 0. The number of amides is 1. The second-order valence-corrected chi connectivity index (χ2v) is 6.92. The lowest BCUT2D eigenvalue weighted by atomic mass is 10.1. The molecule has 0 aliphatic carbocycles. The Kier molecular flexibility index (Phi) is 6.33. The molecule has 10 heteroatoms. The molecule has 3 N–H and O–H groups in total. The molecule has 0 spiro atoms. The monoisotopic (exact) mass is 444 g/mol. The van der Waals surface area contributed by atoms with Gasteiger partial charge in [0.15, 0.2) is 5.69 Å². The number of rotatable bonds is 5. The van der Waals surface area contributed by atoms with Crippen molar-refractivity contribution in [3.8, 4) is 0 Å². The van der Waals surface area contributed by atoms with E-state index >= 15 is 0 Å². The largest absolute Gasteiger partial charge is 0.416 e. The van der Waals surface area contributed by atoms with Crippen molar-refractivity contribution in [3.05, 3.63) is 98.2 Å². The number of halogens is 3. The number of nitrogens with one attached hydrogen (secondary N) is 1. The number of hydrogen-bond acceptors (Lipinski definition) is 4. The van der Waals surface area contributed by atoms with E-state index in [1.54, 1.807) is 30.3 Å². The smallest absolute Gasteiger partial charge is 0.383 e. The topological polar surface area (TPSA) is 101 Å². The molecule has 2 aromatic carbocycles. The normalized spacial score (nSPS) is 11.6. The number of aromatic amines is 1. The van der Waals surface area contributed by atoms with Gasteiger partial charge in [0.05, 0.1) is 12.1 Å². The number of carbonyl (C=O) groups excluding carboxylic acids is 1. The molecular formula is C22H19F3N4O3. The summed E-state index contributed by atoms with van der Waals surface area (Å²) in [5.74, 6) is -0.935. The SMILES string of the molecule is CN(C(=O)C=Cc1cccc(C(F)(F)F)c1)c1c(N)n(Cc2ccccc2)c(=O)[nH]c1=O. The van der Waals surface area contributed by atoms with Gasteiger partial charge in [-0.1, -0.05) is 42.5 Å². The molecule has 3 rings (SSSR count). The molecule has 0 radical (unpaired) electrons. The van der Waals surface area contributed by atoms with Crippen molar-refractivity contribution in [3.63, 3.8) is 0 Å². The number of benzene rings is 2. The summed E-state index contributed by atoms with van der Waals surface area (Å²) in [5.41, 5.74) is 4.24. The molecule has 0 unspecified atom stereocenters. The van der Waals surface area contributed by atoms with Gasteiger partial charge in [0, 0.05) is 13.1 Å². The van der Waals surface area contributed by atoms with Crippen molar-refractivity contribution >= 4 is 23.5 Å². The van der Waals surface area contributed by atoms with Gasteiger partial charge in [-0.05, 0) is 29.3 Å². The molecule has 1 aromatic heterocycles. The number of hydrogen-bond donors (Lipinski definition) is 2.